The summed E-state index contributed by atoms with van der Waals surface area (Å²) in [6, 6.07) is 9.62. The topological polar surface area (TPSA) is 32.3 Å². The minimum atomic E-state index is -0.0900. The molecule has 0 saturated heterocycles. The third-order valence-electron chi connectivity index (χ3n) is 2.44. The van der Waals surface area contributed by atoms with Crippen molar-refractivity contribution < 1.29 is 4.79 Å². The maximum atomic E-state index is 12.0. The molecule has 0 bridgehead atoms. The van der Waals surface area contributed by atoms with Crippen molar-refractivity contribution in [1.82, 2.24) is 0 Å². The van der Waals surface area contributed by atoms with Gasteiger partial charge in [-0.1, -0.05) is 6.07 Å². The minimum Gasteiger partial charge on any atom is -0.378 e. The van der Waals surface area contributed by atoms with Crippen LogP contribution in [0.15, 0.2) is 40.2 Å². The summed E-state index contributed by atoms with van der Waals surface area (Å²) >= 11 is 4.78. The maximum Gasteiger partial charge on any atom is 0.266 e. The Kier molecular flexibility index (Phi) is 4.04. The minimum absolute atomic E-state index is 0.0900. The second-order valence-electron chi connectivity index (χ2n) is 4.00. The maximum absolute atomic E-state index is 12.0. The van der Waals surface area contributed by atoms with E-state index in [1.54, 1.807) is 0 Å². The Morgan fingerprint density at radius 1 is 1.33 bits per heavy atom. The molecule has 1 aromatic carbocycles. The van der Waals surface area contributed by atoms with E-state index in [1.165, 1.54) is 11.3 Å². The van der Waals surface area contributed by atoms with Gasteiger partial charge in [0.05, 0.1) is 0 Å². The van der Waals surface area contributed by atoms with Crippen molar-refractivity contribution in [3.63, 3.8) is 0 Å². The highest BCUT2D eigenvalue weighted by Gasteiger charge is 2.11. The molecule has 94 valence electrons. The molecule has 2 rings (SSSR count). The molecule has 18 heavy (non-hydrogen) atoms. The number of amides is 1. The highest BCUT2D eigenvalue weighted by molar-refractivity contribution is 9.10. The molecule has 0 spiro atoms. The molecular formula is C13H13BrN2OS. The predicted molar refractivity (Wildman–Crippen MR) is 80.7 cm³/mol. The number of hydrogen-bond donors (Lipinski definition) is 1. The molecule has 0 atom stereocenters. The summed E-state index contributed by atoms with van der Waals surface area (Å²) in [7, 11) is 3.94. The van der Waals surface area contributed by atoms with Crippen molar-refractivity contribution in [3.05, 3.63) is 45.1 Å². The van der Waals surface area contributed by atoms with Crippen molar-refractivity contribution >= 4 is 44.5 Å². The Hall–Kier alpha value is -1.33. The number of nitrogens with zero attached hydrogens (tertiary/aromatic N) is 1. The molecular weight excluding hydrogens is 312 g/mol. The number of carbonyl (C=O) groups is 1. The highest BCUT2D eigenvalue weighted by Crippen LogP contribution is 2.24. The van der Waals surface area contributed by atoms with Crippen molar-refractivity contribution in [2.45, 2.75) is 0 Å². The van der Waals surface area contributed by atoms with E-state index in [1.807, 2.05) is 54.7 Å². The Labute approximate surface area is 119 Å². The van der Waals surface area contributed by atoms with Gasteiger partial charge in [-0.05, 0) is 45.6 Å². The molecule has 3 nitrogen and oxygen atoms in total. The zero-order valence-corrected chi connectivity index (χ0v) is 12.5. The van der Waals surface area contributed by atoms with Crippen molar-refractivity contribution in [3.8, 4) is 0 Å². The molecule has 0 aliphatic heterocycles. The number of halogens is 1. The molecule has 0 unspecified atom stereocenters. The van der Waals surface area contributed by atoms with E-state index in [4.69, 9.17) is 0 Å². The van der Waals surface area contributed by atoms with Gasteiger partial charge < -0.3 is 10.2 Å². The standard InChI is InChI=1S/C13H13BrN2OS/c1-16(2)10-5-3-4-9(8-10)15-13(17)12-11(14)6-7-18-12/h3-8H,1-2H3,(H,15,17). The van der Waals surface area contributed by atoms with Gasteiger partial charge in [-0.2, -0.15) is 0 Å². The van der Waals surface area contributed by atoms with Crippen LogP contribution < -0.4 is 10.2 Å². The quantitative estimate of drug-likeness (QED) is 0.930. The average molecular weight is 325 g/mol. The fraction of sp³-hybridized carbons (Fsp3) is 0.154. The summed E-state index contributed by atoms with van der Waals surface area (Å²) in [6.45, 7) is 0. The van der Waals surface area contributed by atoms with Crippen LogP contribution in [0.25, 0.3) is 0 Å². The van der Waals surface area contributed by atoms with Crippen molar-refractivity contribution in [1.29, 1.82) is 0 Å². The molecule has 1 heterocycles. The first-order chi connectivity index (χ1) is 8.58. The first-order valence-electron chi connectivity index (χ1n) is 5.39. The summed E-state index contributed by atoms with van der Waals surface area (Å²) in [4.78, 5) is 14.7. The molecule has 1 N–H and O–H groups in total. The zero-order valence-electron chi connectivity index (χ0n) is 10.1. The van der Waals surface area contributed by atoms with Gasteiger partial charge in [0, 0.05) is 29.9 Å². The monoisotopic (exact) mass is 324 g/mol. The smallest absolute Gasteiger partial charge is 0.266 e. The van der Waals surface area contributed by atoms with Crippen LogP contribution in [-0.2, 0) is 0 Å². The highest BCUT2D eigenvalue weighted by atomic mass is 79.9. The fourth-order valence-corrected chi connectivity index (χ4v) is 2.95. The van der Waals surface area contributed by atoms with Gasteiger partial charge in [0.15, 0.2) is 0 Å². The second-order valence-corrected chi connectivity index (χ2v) is 5.77. The molecule has 0 saturated carbocycles. The van der Waals surface area contributed by atoms with Gasteiger partial charge >= 0.3 is 0 Å². The van der Waals surface area contributed by atoms with Crippen LogP contribution in [0.3, 0.4) is 0 Å². The number of nitrogens with one attached hydrogen (secondary N) is 1. The van der Waals surface area contributed by atoms with Crippen molar-refractivity contribution in [2.24, 2.45) is 0 Å². The molecule has 5 heteroatoms. The van der Waals surface area contributed by atoms with Gasteiger partial charge in [-0.15, -0.1) is 11.3 Å². The van der Waals surface area contributed by atoms with Crippen LogP contribution in [0, 0.1) is 0 Å². The predicted octanol–water partition coefficient (Wildman–Crippen LogP) is 3.83. The molecule has 0 radical (unpaired) electrons. The van der Waals surface area contributed by atoms with Crippen LogP contribution in [0.1, 0.15) is 9.67 Å². The number of carbonyl (C=O) groups excluding carboxylic acids is 1. The second kappa shape index (κ2) is 5.54. The summed E-state index contributed by atoms with van der Waals surface area (Å²) in [5.41, 5.74) is 1.85. The number of anilines is 2. The summed E-state index contributed by atoms with van der Waals surface area (Å²) in [6.07, 6.45) is 0. The lowest BCUT2D eigenvalue weighted by Gasteiger charge is -2.13. The number of thiophene rings is 1. The number of rotatable bonds is 3. The first-order valence-corrected chi connectivity index (χ1v) is 7.07. The normalized spacial score (nSPS) is 10.2. The lowest BCUT2D eigenvalue weighted by molar-refractivity contribution is 0.103. The zero-order chi connectivity index (χ0) is 13.1. The van der Waals surface area contributed by atoms with E-state index in [0.717, 1.165) is 15.8 Å². The van der Waals surface area contributed by atoms with Gasteiger partial charge in [0.25, 0.3) is 5.91 Å². The molecule has 0 aliphatic rings. The molecule has 1 amide bonds. The van der Waals surface area contributed by atoms with E-state index in [9.17, 15) is 4.79 Å². The van der Waals surface area contributed by atoms with Crippen LogP contribution in [0.4, 0.5) is 11.4 Å². The molecule has 0 fully saturated rings. The van der Waals surface area contributed by atoms with Gasteiger partial charge in [-0.25, -0.2) is 0 Å². The first kappa shape index (κ1) is 13.1. The van der Waals surface area contributed by atoms with E-state index >= 15 is 0 Å². The van der Waals surface area contributed by atoms with Crippen LogP contribution in [-0.4, -0.2) is 20.0 Å². The van der Waals surface area contributed by atoms with E-state index in [2.05, 4.69) is 21.2 Å². The van der Waals surface area contributed by atoms with Gasteiger partial charge in [-0.3, -0.25) is 4.79 Å². The lowest BCUT2D eigenvalue weighted by Crippen LogP contribution is -2.12. The van der Waals surface area contributed by atoms with E-state index in [-0.39, 0.29) is 5.91 Å². The largest absolute Gasteiger partial charge is 0.378 e. The Balaban J connectivity index is 2.17. The summed E-state index contributed by atoms with van der Waals surface area (Å²) in [5, 5.41) is 4.78. The molecule has 0 aliphatic carbocycles. The average Bonchev–Trinajstić information content (AvgIpc) is 2.76. The fourth-order valence-electron chi connectivity index (χ4n) is 1.51. The Bertz CT molecular complexity index is 566. The summed E-state index contributed by atoms with van der Waals surface area (Å²) in [5.74, 6) is -0.0900. The number of benzene rings is 1. The SMILES string of the molecule is CN(C)c1cccc(NC(=O)c2sccc2Br)c1. The van der Waals surface area contributed by atoms with E-state index < -0.39 is 0 Å². The van der Waals surface area contributed by atoms with Gasteiger partial charge in [0.1, 0.15) is 4.88 Å². The number of hydrogen-bond acceptors (Lipinski definition) is 3. The Morgan fingerprint density at radius 2 is 2.11 bits per heavy atom. The van der Waals surface area contributed by atoms with Crippen LogP contribution >= 0.6 is 27.3 Å². The molecule has 2 aromatic rings. The molecule has 1 aromatic heterocycles. The third kappa shape index (κ3) is 2.91. The van der Waals surface area contributed by atoms with Crippen LogP contribution in [0.2, 0.25) is 0 Å². The summed E-state index contributed by atoms with van der Waals surface area (Å²) < 4.78 is 0.828. The van der Waals surface area contributed by atoms with Gasteiger partial charge in [0.2, 0.25) is 0 Å². The lowest BCUT2D eigenvalue weighted by atomic mass is 10.2. The van der Waals surface area contributed by atoms with Crippen LogP contribution in [0.5, 0.6) is 0 Å². The Morgan fingerprint density at radius 3 is 2.72 bits per heavy atom. The van der Waals surface area contributed by atoms with E-state index in [0.29, 0.717) is 4.88 Å². The third-order valence-corrected chi connectivity index (χ3v) is 4.28. The van der Waals surface area contributed by atoms with Crippen molar-refractivity contribution in [2.75, 3.05) is 24.3 Å².